The van der Waals surface area contributed by atoms with E-state index < -0.39 is 24.0 Å². The van der Waals surface area contributed by atoms with Crippen LogP contribution >= 0.6 is 7.60 Å². The van der Waals surface area contributed by atoms with Crippen LogP contribution in [0.1, 0.15) is 19.4 Å². The Morgan fingerprint density at radius 2 is 1.95 bits per heavy atom. The van der Waals surface area contributed by atoms with Crippen molar-refractivity contribution in [2.75, 3.05) is 13.2 Å². The number of rotatable bonds is 7. The van der Waals surface area contributed by atoms with Crippen LogP contribution in [0.3, 0.4) is 0 Å². The van der Waals surface area contributed by atoms with E-state index in [2.05, 4.69) is 0 Å². The van der Waals surface area contributed by atoms with Gasteiger partial charge < -0.3 is 9.05 Å². The molecule has 0 aliphatic heterocycles. The van der Waals surface area contributed by atoms with Gasteiger partial charge in [0.25, 0.3) is 0 Å². The van der Waals surface area contributed by atoms with E-state index in [1.807, 2.05) is 0 Å². The van der Waals surface area contributed by atoms with E-state index in [0.717, 1.165) is 12.1 Å². The summed E-state index contributed by atoms with van der Waals surface area (Å²) in [5.41, 5.74) is -0.312. The van der Waals surface area contributed by atoms with Crippen LogP contribution < -0.4 is 0 Å². The van der Waals surface area contributed by atoms with Crippen molar-refractivity contribution in [1.29, 1.82) is 0 Å². The Hall–Kier alpha value is -1.56. The average molecular weight is 303 g/mol. The number of nitro benzene ring substituents is 1. The van der Waals surface area contributed by atoms with E-state index in [0.29, 0.717) is 5.56 Å². The number of halogens is 1. The van der Waals surface area contributed by atoms with E-state index in [-0.39, 0.29) is 13.2 Å². The molecule has 1 aromatic rings. The molecule has 8 heteroatoms. The summed E-state index contributed by atoms with van der Waals surface area (Å²) in [6, 6.07) is 3.36. The largest absolute Gasteiger partial charge is 0.354 e. The van der Waals surface area contributed by atoms with Crippen molar-refractivity contribution < 1.29 is 22.9 Å². The molecule has 0 aliphatic carbocycles. The topological polar surface area (TPSA) is 78.7 Å². The van der Waals surface area contributed by atoms with Crippen LogP contribution in [-0.2, 0) is 13.6 Å². The SMILES string of the molecule is CCOP(=O)(/C=C/c1ccc(F)c([N+](=O)[O-])c1)OCC. The second kappa shape index (κ2) is 7.28. The number of benzene rings is 1. The molecule has 20 heavy (non-hydrogen) atoms. The molecule has 110 valence electrons. The first-order valence-electron chi connectivity index (χ1n) is 5.94. The van der Waals surface area contributed by atoms with Crippen molar-refractivity contribution in [3.05, 3.63) is 45.5 Å². The monoisotopic (exact) mass is 303 g/mol. The van der Waals surface area contributed by atoms with Gasteiger partial charge in [-0.15, -0.1) is 0 Å². The summed E-state index contributed by atoms with van der Waals surface area (Å²) >= 11 is 0. The summed E-state index contributed by atoms with van der Waals surface area (Å²) in [6.45, 7) is 3.74. The Bertz CT molecular complexity index is 551. The van der Waals surface area contributed by atoms with Gasteiger partial charge in [0.2, 0.25) is 5.82 Å². The highest BCUT2D eigenvalue weighted by atomic mass is 31.2. The van der Waals surface area contributed by atoms with Crippen LogP contribution in [0.25, 0.3) is 6.08 Å². The molecule has 1 aromatic carbocycles. The molecular formula is C12H15FNO5P. The summed E-state index contributed by atoms with van der Waals surface area (Å²) in [6.07, 6.45) is 1.35. The summed E-state index contributed by atoms with van der Waals surface area (Å²) in [4.78, 5) is 9.80. The molecular weight excluding hydrogens is 288 g/mol. The lowest BCUT2D eigenvalue weighted by Crippen LogP contribution is -1.94. The second-order valence-electron chi connectivity index (χ2n) is 3.66. The molecule has 0 spiro atoms. The predicted octanol–water partition coefficient (Wildman–Crippen LogP) is 3.97. The third-order valence-electron chi connectivity index (χ3n) is 2.23. The Morgan fingerprint density at radius 3 is 2.45 bits per heavy atom. The molecule has 0 N–H and O–H groups in total. The first-order valence-corrected chi connectivity index (χ1v) is 7.55. The average Bonchev–Trinajstić information content (AvgIpc) is 2.38. The van der Waals surface area contributed by atoms with Crippen LogP contribution in [0, 0.1) is 15.9 Å². The molecule has 6 nitrogen and oxygen atoms in total. The molecule has 0 unspecified atom stereocenters. The standard InChI is InChI=1S/C12H15FNO5P/c1-3-18-20(17,19-4-2)8-7-10-5-6-11(13)12(9-10)14(15)16/h5-9H,3-4H2,1-2H3/b8-7+. The van der Waals surface area contributed by atoms with E-state index in [4.69, 9.17) is 9.05 Å². The molecule has 0 saturated carbocycles. The minimum absolute atomic E-state index is 0.200. The van der Waals surface area contributed by atoms with Crippen molar-refractivity contribution >= 4 is 19.4 Å². The minimum Gasteiger partial charge on any atom is -0.306 e. The normalized spacial score (nSPS) is 11.9. The van der Waals surface area contributed by atoms with Crippen molar-refractivity contribution in [2.45, 2.75) is 13.8 Å². The van der Waals surface area contributed by atoms with Crippen molar-refractivity contribution in [2.24, 2.45) is 0 Å². The Labute approximate surface area is 115 Å². The molecule has 1 rings (SSSR count). The quantitative estimate of drug-likeness (QED) is 0.432. The number of hydrogen-bond donors (Lipinski definition) is 0. The van der Waals surface area contributed by atoms with Gasteiger partial charge in [-0.25, -0.2) is 0 Å². The predicted molar refractivity (Wildman–Crippen MR) is 72.9 cm³/mol. The molecule has 0 aromatic heterocycles. The zero-order valence-electron chi connectivity index (χ0n) is 11.1. The Kier molecular flexibility index (Phi) is 6.01. The highest BCUT2D eigenvalue weighted by Crippen LogP contribution is 2.50. The van der Waals surface area contributed by atoms with E-state index in [1.54, 1.807) is 13.8 Å². The van der Waals surface area contributed by atoms with Crippen molar-refractivity contribution in [3.8, 4) is 0 Å². The summed E-state index contributed by atoms with van der Waals surface area (Å²) in [5, 5.41) is 10.6. The zero-order chi connectivity index (χ0) is 15.2. The fourth-order valence-corrected chi connectivity index (χ4v) is 2.76. The fourth-order valence-electron chi connectivity index (χ4n) is 1.43. The zero-order valence-corrected chi connectivity index (χ0v) is 12.0. The van der Waals surface area contributed by atoms with Gasteiger partial charge in [0.15, 0.2) is 0 Å². The first-order chi connectivity index (χ1) is 9.41. The van der Waals surface area contributed by atoms with E-state index in [1.165, 1.54) is 18.0 Å². The number of nitrogens with zero attached hydrogens (tertiary/aromatic N) is 1. The molecule has 0 heterocycles. The van der Waals surface area contributed by atoms with Gasteiger partial charge in [-0.2, -0.15) is 4.39 Å². The van der Waals surface area contributed by atoms with Gasteiger partial charge in [0, 0.05) is 11.9 Å². The number of hydrogen-bond acceptors (Lipinski definition) is 5. The van der Waals surface area contributed by atoms with Crippen LogP contribution in [-0.4, -0.2) is 18.1 Å². The van der Waals surface area contributed by atoms with E-state index >= 15 is 0 Å². The second-order valence-corrected chi connectivity index (χ2v) is 5.55. The molecule has 0 aliphatic rings. The molecule has 0 radical (unpaired) electrons. The minimum atomic E-state index is -3.38. The maximum atomic E-state index is 13.2. The van der Waals surface area contributed by atoms with Crippen LogP contribution in [0.2, 0.25) is 0 Å². The summed E-state index contributed by atoms with van der Waals surface area (Å²) in [5.74, 6) is 0.279. The lowest BCUT2D eigenvalue weighted by molar-refractivity contribution is -0.387. The van der Waals surface area contributed by atoms with Gasteiger partial charge in [0.05, 0.1) is 18.1 Å². The summed E-state index contributed by atoms with van der Waals surface area (Å²) < 4.78 is 35.4. The molecule has 0 bridgehead atoms. The van der Waals surface area contributed by atoms with Gasteiger partial charge in [0.1, 0.15) is 0 Å². The van der Waals surface area contributed by atoms with Crippen LogP contribution in [0.5, 0.6) is 0 Å². The molecule has 0 amide bonds. The van der Waals surface area contributed by atoms with E-state index in [9.17, 15) is 19.1 Å². The Morgan fingerprint density at radius 1 is 1.35 bits per heavy atom. The van der Waals surface area contributed by atoms with Crippen molar-refractivity contribution in [1.82, 2.24) is 0 Å². The Balaban J connectivity index is 3.02. The fraction of sp³-hybridized carbons (Fsp3) is 0.333. The lowest BCUT2D eigenvalue weighted by atomic mass is 10.2. The molecule has 0 atom stereocenters. The maximum absolute atomic E-state index is 13.2. The molecule has 0 fully saturated rings. The maximum Gasteiger partial charge on any atom is 0.354 e. The summed E-state index contributed by atoms with van der Waals surface area (Å²) in [7, 11) is -3.38. The molecule has 0 saturated heterocycles. The van der Waals surface area contributed by atoms with Gasteiger partial charge in [-0.05, 0) is 31.6 Å². The van der Waals surface area contributed by atoms with Gasteiger partial charge >= 0.3 is 13.3 Å². The van der Waals surface area contributed by atoms with Crippen LogP contribution in [0.15, 0.2) is 24.0 Å². The van der Waals surface area contributed by atoms with Gasteiger partial charge in [-0.1, -0.05) is 6.07 Å². The van der Waals surface area contributed by atoms with Gasteiger partial charge in [-0.3, -0.25) is 14.7 Å². The van der Waals surface area contributed by atoms with Crippen molar-refractivity contribution in [3.63, 3.8) is 0 Å². The highest BCUT2D eigenvalue weighted by molar-refractivity contribution is 7.57. The smallest absolute Gasteiger partial charge is 0.306 e. The highest BCUT2D eigenvalue weighted by Gasteiger charge is 2.19. The lowest BCUT2D eigenvalue weighted by Gasteiger charge is -2.12. The third kappa shape index (κ3) is 4.52. The third-order valence-corrected chi connectivity index (χ3v) is 3.98. The van der Waals surface area contributed by atoms with Crippen LogP contribution in [0.4, 0.5) is 10.1 Å². The first kappa shape index (κ1) is 16.5. The number of nitro groups is 1.